The maximum atomic E-state index is 12.8. The summed E-state index contributed by atoms with van der Waals surface area (Å²) in [7, 11) is 0. The third kappa shape index (κ3) is 4.03. The first-order valence-electron chi connectivity index (χ1n) is 9.63. The second kappa shape index (κ2) is 8.35. The van der Waals surface area contributed by atoms with Crippen LogP contribution in [0.15, 0.2) is 48.5 Å². The van der Waals surface area contributed by atoms with Crippen LogP contribution in [-0.2, 0) is 13.1 Å². The van der Waals surface area contributed by atoms with Crippen LogP contribution in [-0.4, -0.2) is 34.9 Å². The second-order valence-electron chi connectivity index (χ2n) is 6.90. The number of aryl methyl sites for hydroxylation is 1. The number of nitrogens with two attached hydrogens (primary N) is 1. The normalized spacial score (nSPS) is 11.4. The lowest BCUT2D eigenvalue weighted by Gasteiger charge is -2.17. The Balaban J connectivity index is 1.92. The minimum Gasteiger partial charge on any atom is -0.301 e. The topological polar surface area (TPSA) is 55.1 Å². The summed E-state index contributed by atoms with van der Waals surface area (Å²) in [5, 5.41) is 0. The number of Topliss-reactive ketones (excluding diaryl/α,β-unsaturated/α-hetero) is 1. The zero-order valence-electron chi connectivity index (χ0n) is 16.5. The molecule has 142 valence electrons. The highest BCUT2D eigenvalue weighted by atomic mass is 16.1. The molecular weight excluding hydrogens is 336 g/mol. The Bertz CT molecular complexity index is 923. The number of nitrogen functional groups attached to an aromatic ring is 1. The number of aromatic nitrogens is 2. The molecule has 3 aromatic rings. The van der Waals surface area contributed by atoms with Gasteiger partial charge in [-0.15, -0.1) is 0 Å². The molecule has 0 unspecified atom stereocenters. The number of para-hydroxylation sites is 2. The highest BCUT2D eigenvalue weighted by molar-refractivity contribution is 5.95. The van der Waals surface area contributed by atoms with Crippen LogP contribution in [0.4, 0.5) is 5.95 Å². The maximum Gasteiger partial charge on any atom is 0.356 e. The third-order valence-corrected chi connectivity index (χ3v) is 5.23. The molecule has 2 N–H and O–H groups in total. The van der Waals surface area contributed by atoms with Gasteiger partial charge >= 0.3 is 5.95 Å². The summed E-state index contributed by atoms with van der Waals surface area (Å²) in [6.07, 6.45) is 0. The minimum absolute atomic E-state index is 0.0679. The average Bonchev–Trinajstić information content (AvgIpc) is 2.95. The monoisotopic (exact) mass is 365 g/mol. The fourth-order valence-electron chi connectivity index (χ4n) is 3.47. The first-order valence-corrected chi connectivity index (χ1v) is 9.63. The second-order valence-corrected chi connectivity index (χ2v) is 6.90. The first-order chi connectivity index (χ1) is 13.0. The lowest BCUT2D eigenvalue weighted by molar-refractivity contribution is -0.642. The molecule has 0 saturated heterocycles. The fraction of sp³-hybridized carbons (Fsp3) is 0.364. The van der Waals surface area contributed by atoms with Crippen molar-refractivity contribution in [2.45, 2.75) is 33.9 Å². The van der Waals surface area contributed by atoms with Gasteiger partial charge in [-0.1, -0.05) is 55.8 Å². The molecule has 2 aromatic carbocycles. The van der Waals surface area contributed by atoms with E-state index in [9.17, 15) is 4.79 Å². The molecule has 0 bridgehead atoms. The highest BCUT2D eigenvalue weighted by Crippen LogP contribution is 2.17. The van der Waals surface area contributed by atoms with Gasteiger partial charge in [-0.3, -0.25) is 10.5 Å². The van der Waals surface area contributed by atoms with Crippen LogP contribution in [0.25, 0.3) is 11.0 Å². The number of ketones is 1. The number of imidazole rings is 1. The largest absolute Gasteiger partial charge is 0.356 e. The van der Waals surface area contributed by atoms with E-state index >= 15 is 0 Å². The average molecular weight is 366 g/mol. The summed E-state index contributed by atoms with van der Waals surface area (Å²) in [4.78, 5) is 15.2. The van der Waals surface area contributed by atoms with Gasteiger partial charge in [-0.05, 0) is 32.1 Å². The van der Waals surface area contributed by atoms with Gasteiger partial charge in [-0.25, -0.2) is 9.13 Å². The molecule has 5 nitrogen and oxygen atoms in total. The molecule has 1 heterocycles. The van der Waals surface area contributed by atoms with E-state index < -0.39 is 0 Å². The smallest absolute Gasteiger partial charge is 0.301 e. The van der Waals surface area contributed by atoms with E-state index in [0.29, 0.717) is 11.5 Å². The van der Waals surface area contributed by atoms with Gasteiger partial charge in [0.25, 0.3) is 0 Å². The maximum absolute atomic E-state index is 12.8. The Morgan fingerprint density at radius 1 is 1.07 bits per heavy atom. The Morgan fingerprint density at radius 3 is 2.41 bits per heavy atom. The van der Waals surface area contributed by atoms with Crippen molar-refractivity contribution >= 4 is 22.8 Å². The van der Waals surface area contributed by atoms with Gasteiger partial charge in [0.2, 0.25) is 0 Å². The predicted molar refractivity (Wildman–Crippen MR) is 110 cm³/mol. The first kappa shape index (κ1) is 19.1. The van der Waals surface area contributed by atoms with E-state index in [-0.39, 0.29) is 12.3 Å². The minimum atomic E-state index is 0.0679. The van der Waals surface area contributed by atoms with Crippen LogP contribution >= 0.6 is 0 Å². The summed E-state index contributed by atoms with van der Waals surface area (Å²) >= 11 is 0. The zero-order valence-corrected chi connectivity index (χ0v) is 16.5. The van der Waals surface area contributed by atoms with Crippen molar-refractivity contribution in [2.24, 2.45) is 0 Å². The van der Waals surface area contributed by atoms with E-state index in [4.69, 9.17) is 5.73 Å². The zero-order chi connectivity index (χ0) is 19.4. The summed E-state index contributed by atoms with van der Waals surface area (Å²) in [6.45, 7) is 10.4. The van der Waals surface area contributed by atoms with Crippen molar-refractivity contribution in [3.63, 3.8) is 0 Å². The number of hydrogen-bond donors (Lipinski definition) is 1. The number of rotatable bonds is 8. The molecule has 0 amide bonds. The Morgan fingerprint density at radius 2 is 1.74 bits per heavy atom. The number of fused-ring (bicyclic) bond motifs is 1. The van der Waals surface area contributed by atoms with Crippen molar-refractivity contribution in [1.29, 1.82) is 0 Å². The number of hydrogen-bond acceptors (Lipinski definition) is 3. The van der Waals surface area contributed by atoms with Crippen molar-refractivity contribution in [2.75, 3.05) is 25.4 Å². The number of anilines is 1. The summed E-state index contributed by atoms with van der Waals surface area (Å²) in [5.74, 6) is 0.696. The quantitative estimate of drug-likeness (QED) is 0.493. The van der Waals surface area contributed by atoms with Gasteiger partial charge in [0.1, 0.15) is 17.6 Å². The van der Waals surface area contributed by atoms with Crippen LogP contribution < -0.4 is 10.3 Å². The van der Waals surface area contributed by atoms with Gasteiger partial charge in [-0.2, -0.15) is 0 Å². The highest BCUT2D eigenvalue weighted by Gasteiger charge is 2.23. The van der Waals surface area contributed by atoms with E-state index in [2.05, 4.69) is 29.4 Å². The van der Waals surface area contributed by atoms with Crippen LogP contribution in [0, 0.1) is 6.92 Å². The summed E-state index contributed by atoms with van der Waals surface area (Å²) < 4.78 is 4.05. The summed E-state index contributed by atoms with van der Waals surface area (Å²) in [5.41, 5.74) is 10.4. The van der Waals surface area contributed by atoms with Crippen LogP contribution in [0.5, 0.6) is 0 Å². The number of benzene rings is 2. The molecule has 0 aliphatic heterocycles. The van der Waals surface area contributed by atoms with E-state index in [1.807, 2.05) is 54.0 Å². The molecule has 0 fully saturated rings. The molecule has 27 heavy (non-hydrogen) atoms. The van der Waals surface area contributed by atoms with Crippen molar-refractivity contribution in [3.05, 3.63) is 59.7 Å². The van der Waals surface area contributed by atoms with Crippen molar-refractivity contribution in [1.82, 2.24) is 9.47 Å². The molecule has 0 aliphatic carbocycles. The van der Waals surface area contributed by atoms with Gasteiger partial charge < -0.3 is 4.90 Å². The number of carbonyl (C=O) groups excluding carboxylic acids is 1. The van der Waals surface area contributed by atoms with Crippen LogP contribution in [0.3, 0.4) is 0 Å². The standard InChI is InChI=1S/C22H28N4O/c1-4-24(5-2)14-15-25-19-8-6-7-9-20(19)26(22(25)23)16-21(27)18-12-10-17(3)11-13-18/h6-13,23H,4-5,14-16H2,1-3H3/p+1. The van der Waals surface area contributed by atoms with Gasteiger partial charge in [0.15, 0.2) is 5.78 Å². The predicted octanol–water partition coefficient (Wildman–Crippen LogP) is 3.04. The molecule has 0 aliphatic rings. The van der Waals surface area contributed by atoms with E-state index in [1.165, 1.54) is 0 Å². The van der Waals surface area contributed by atoms with Crippen molar-refractivity contribution in [3.8, 4) is 0 Å². The Labute approximate surface area is 161 Å². The van der Waals surface area contributed by atoms with Crippen LogP contribution in [0.1, 0.15) is 29.8 Å². The molecule has 0 radical (unpaired) electrons. The van der Waals surface area contributed by atoms with Gasteiger partial charge in [0.05, 0.1) is 6.54 Å². The number of likely N-dealkylation sites (N-methyl/N-ethyl adjacent to an activating group) is 1. The fourth-order valence-corrected chi connectivity index (χ4v) is 3.47. The SMILES string of the molecule is CCN(CC)CCn1c(N)[n+](CC(=O)c2ccc(C)cc2)c2ccccc21. The Kier molecular flexibility index (Phi) is 5.91. The van der Waals surface area contributed by atoms with Crippen LogP contribution in [0.2, 0.25) is 0 Å². The molecule has 0 spiro atoms. The summed E-state index contributed by atoms with van der Waals surface area (Å²) in [6, 6.07) is 15.8. The molecule has 1 aromatic heterocycles. The third-order valence-electron chi connectivity index (χ3n) is 5.23. The lowest BCUT2D eigenvalue weighted by Crippen LogP contribution is -2.40. The Hall–Kier alpha value is -2.66. The number of carbonyl (C=O) groups is 1. The van der Waals surface area contributed by atoms with E-state index in [0.717, 1.165) is 42.8 Å². The lowest BCUT2D eigenvalue weighted by atomic mass is 10.1. The molecule has 0 atom stereocenters. The molecular formula is C22H29N4O+. The van der Waals surface area contributed by atoms with E-state index in [1.54, 1.807) is 0 Å². The van der Waals surface area contributed by atoms with Gasteiger partial charge in [0, 0.05) is 12.1 Å². The number of nitrogens with zero attached hydrogens (tertiary/aromatic N) is 3. The van der Waals surface area contributed by atoms with Crippen molar-refractivity contribution < 1.29 is 9.36 Å². The molecule has 0 saturated carbocycles. The molecule has 3 rings (SSSR count). The molecule has 5 heteroatoms.